The Hall–Kier alpha value is 0.0900. The molecule has 0 aromatic heterocycles. The Labute approximate surface area is 101 Å². The van der Waals surface area contributed by atoms with Crippen LogP contribution < -0.4 is 0 Å². The van der Waals surface area contributed by atoms with Gasteiger partial charge in [-0.05, 0) is 44.8 Å². The molecule has 15 heavy (non-hydrogen) atoms. The van der Waals surface area contributed by atoms with Gasteiger partial charge in [0.2, 0.25) is 0 Å². The normalized spacial score (nSPS) is 13.5. The average Bonchev–Trinajstić information content (AvgIpc) is 2.27. The second kappa shape index (κ2) is 12.2. The van der Waals surface area contributed by atoms with E-state index in [2.05, 4.69) is 44.7 Å². The number of rotatable bonds is 10. The molecule has 1 heteroatoms. The van der Waals surface area contributed by atoms with Crippen molar-refractivity contribution in [1.82, 2.24) is 0 Å². The summed E-state index contributed by atoms with van der Waals surface area (Å²) in [5.41, 5.74) is 0. The zero-order chi connectivity index (χ0) is 11.4. The summed E-state index contributed by atoms with van der Waals surface area (Å²) in [5, 5.41) is 0.923. The summed E-state index contributed by atoms with van der Waals surface area (Å²) >= 11 is 2.18. The van der Waals surface area contributed by atoms with Gasteiger partial charge in [-0.1, -0.05) is 38.8 Å². The first kappa shape index (κ1) is 15.1. The van der Waals surface area contributed by atoms with Gasteiger partial charge < -0.3 is 0 Å². The fraction of sp³-hybridized carbons (Fsp3) is 0.857. The van der Waals surface area contributed by atoms with Crippen molar-refractivity contribution in [2.75, 3.05) is 5.75 Å². The Bertz CT molecular complexity index is 140. The summed E-state index contributed by atoms with van der Waals surface area (Å²) in [6.45, 7) is 6.71. The van der Waals surface area contributed by atoms with Crippen molar-refractivity contribution >= 4 is 11.8 Å². The smallest absolute Gasteiger partial charge is 0.00444 e. The van der Waals surface area contributed by atoms with Crippen molar-refractivity contribution in [3.05, 3.63) is 12.2 Å². The number of unbranched alkanes of at least 4 members (excludes halogenated alkanes) is 3. The van der Waals surface area contributed by atoms with Crippen molar-refractivity contribution < 1.29 is 0 Å². The first-order chi connectivity index (χ1) is 7.35. The minimum Gasteiger partial charge on any atom is -0.159 e. The molecule has 0 amide bonds. The number of thioether (sulfide) groups is 1. The van der Waals surface area contributed by atoms with Gasteiger partial charge in [-0.25, -0.2) is 0 Å². The Morgan fingerprint density at radius 3 is 2.53 bits per heavy atom. The lowest BCUT2D eigenvalue weighted by Crippen LogP contribution is -2.01. The van der Waals surface area contributed by atoms with Gasteiger partial charge >= 0.3 is 0 Å². The van der Waals surface area contributed by atoms with E-state index < -0.39 is 0 Å². The highest BCUT2D eigenvalue weighted by Crippen LogP contribution is 2.21. The quantitative estimate of drug-likeness (QED) is 0.354. The van der Waals surface area contributed by atoms with Crippen molar-refractivity contribution in [3.63, 3.8) is 0 Å². The Morgan fingerprint density at radius 1 is 1.13 bits per heavy atom. The van der Waals surface area contributed by atoms with Crippen LogP contribution in [-0.2, 0) is 0 Å². The van der Waals surface area contributed by atoms with Crippen LogP contribution in [-0.4, -0.2) is 11.0 Å². The maximum absolute atomic E-state index is 2.33. The van der Waals surface area contributed by atoms with Crippen LogP contribution in [0.2, 0.25) is 0 Å². The molecule has 0 aromatic carbocycles. The van der Waals surface area contributed by atoms with Gasteiger partial charge in [-0.3, -0.25) is 0 Å². The summed E-state index contributed by atoms with van der Waals surface area (Å²) < 4.78 is 0. The lowest BCUT2D eigenvalue weighted by molar-refractivity contribution is 0.620. The molecule has 0 rings (SSSR count). The zero-order valence-corrected chi connectivity index (χ0v) is 11.6. The molecule has 0 saturated heterocycles. The van der Waals surface area contributed by atoms with E-state index in [1.807, 2.05) is 0 Å². The molecule has 0 heterocycles. The molecule has 0 bridgehead atoms. The van der Waals surface area contributed by atoms with E-state index in [0.717, 1.165) is 5.25 Å². The molecule has 0 radical (unpaired) electrons. The lowest BCUT2D eigenvalue weighted by Gasteiger charge is -2.13. The van der Waals surface area contributed by atoms with Gasteiger partial charge in [0.15, 0.2) is 0 Å². The molecule has 1 unspecified atom stereocenters. The van der Waals surface area contributed by atoms with Crippen molar-refractivity contribution in [2.24, 2.45) is 0 Å². The van der Waals surface area contributed by atoms with Crippen LogP contribution >= 0.6 is 11.8 Å². The van der Waals surface area contributed by atoms with E-state index >= 15 is 0 Å². The van der Waals surface area contributed by atoms with E-state index in [1.54, 1.807) is 0 Å². The van der Waals surface area contributed by atoms with Gasteiger partial charge in [0.05, 0.1) is 0 Å². The van der Waals surface area contributed by atoms with Crippen LogP contribution in [0.15, 0.2) is 12.2 Å². The van der Waals surface area contributed by atoms with Crippen LogP contribution in [0, 0.1) is 0 Å². The highest BCUT2D eigenvalue weighted by Gasteiger charge is 2.04. The fourth-order valence-corrected chi connectivity index (χ4v) is 2.81. The summed E-state index contributed by atoms with van der Waals surface area (Å²) in [6, 6.07) is 0. The maximum atomic E-state index is 2.33. The molecule has 0 aliphatic heterocycles. The van der Waals surface area contributed by atoms with Gasteiger partial charge in [-0.2, -0.15) is 11.8 Å². The summed E-state index contributed by atoms with van der Waals surface area (Å²) in [6.07, 6.45) is 14.0. The second-order valence-corrected chi connectivity index (χ2v) is 5.52. The Balaban J connectivity index is 3.29. The topological polar surface area (TPSA) is 0 Å². The molecule has 1 atom stereocenters. The molecule has 0 aliphatic rings. The molecular formula is C14H28S. The Morgan fingerprint density at radius 2 is 1.93 bits per heavy atom. The molecule has 0 aromatic rings. The van der Waals surface area contributed by atoms with Crippen molar-refractivity contribution in [1.29, 1.82) is 0 Å². The standard InChI is InChI=1S/C14H28S/c1-4-7-8-9-10-11-12-14(6-3)15-13-5-2/h4,7,14H,5-6,8-13H2,1-3H3. The minimum absolute atomic E-state index is 0.923. The van der Waals surface area contributed by atoms with Gasteiger partial charge in [0, 0.05) is 5.25 Å². The first-order valence-electron chi connectivity index (χ1n) is 6.57. The molecular weight excluding hydrogens is 200 g/mol. The van der Waals surface area contributed by atoms with E-state index in [9.17, 15) is 0 Å². The highest BCUT2D eigenvalue weighted by molar-refractivity contribution is 7.99. The third-order valence-electron chi connectivity index (χ3n) is 2.65. The maximum Gasteiger partial charge on any atom is 0.00444 e. The van der Waals surface area contributed by atoms with Crippen LogP contribution in [0.5, 0.6) is 0 Å². The van der Waals surface area contributed by atoms with E-state index in [4.69, 9.17) is 0 Å². The highest BCUT2D eigenvalue weighted by atomic mass is 32.2. The molecule has 0 fully saturated rings. The van der Waals surface area contributed by atoms with Gasteiger partial charge in [-0.15, -0.1) is 0 Å². The van der Waals surface area contributed by atoms with E-state index in [-0.39, 0.29) is 0 Å². The van der Waals surface area contributed by atoms with E-state index in [1.165, 1.54) is 50.7 Å². The number of hydrogen-bond acceptors (Lipinski definition) is 1. The molecule has 0 spiro atoms. The third-order valence-corrected chi connectivity index (χ3v) is 4.33. The zero-order valence-electron chi connectivity index (χ0n) is 10.8. The minimum atomic E-state index is 0.923. The van der Waals surface area contributed by atoms with Crippen LogP contribution in [0.1, 0.15) is 65.7 Å². The monoisotopic (exact) mass is 228 g/mol. The first-order valence-corrected chi connectivity index (χ1v) is 7.62. The van der Waals surface area contributed by atoms with Crippen molar-refractivity contribution in [3.8, 4) is 0 Å². The van der Waals surface area contributed by atoms with E-state index in [0.29, 0.717) is 0 Å². The number of allylic oxidation sites excluding steroid dienone is 2. The molecule has 0 nitrogen and oxygen atoms in total. The van der Waals surface area contributed by atoms with Crippen LogP contribution in [0.25, 0.3) is 0 Å². The summed E-state index contributed by atoms with van der Waals surface area (Å²) in [4.78, 5) is 0. The Kier molecular flexibility index (Phi) is 12.2. The average molecular weight is 228 g/mol. The van der Waals surface area contributed by atoms with Crippen molar-refractivity contribution in [2.45, 2.75) is 71.0 Å². The third kappa shape index (κ3) is 10.4. The second-order valence-electron chi connectivity index (χ2n) is 4.11. The van der Waals surface area contributed by atoms with Crippen LogP contribution in [0.3, 0.4) is 0 Å². The van der Waals surface area contributed by atoms with Gasteiger partial charge in [0.25, 0.3) is 0 Å². The predicted molar refractivity (Wildman–Crippen MR) is 74.7 cm³/mol. The largest absolute Gasteiger partial charge is 0.159 e. The lowest BCUT2D eigenvalue weighted by atomic mass is 10.1. The molecule has 0 aliphatic carbocycles. The van der Waals surface area contributed by atoms with Crippen LogP contribution in [0.4, 0.5) is 0 Å². The predicted octanol–water partition coefficient (Wildman–Crippen LogP) is 5.43. The molecule has 90 valence electrons. The number of hydrogen-bond donors (Lipinski definition) is 0. The molecule has 0 N–H and O–H groups in total. The van der Waals surface area contributed by atoms with Gasteiger partial charge in [0.1, 0.15) is 0 Å². The summed E-state index contributed by atoms with van der Waals surface area (Å²) in [5.74, 6) is 1.34. The fourth-order valence-electron chi connectivity index (χ4n) is 1.67. The SMILES string of the molecule is CC=CCCCCCC(CC)SCCC. The molecule has 0 saturated carbocycles. The summed E-state index contributed by atoms with van der Waals surface area (Å²) in [7, 11) is 0.